The second kappa shape index (κ2) is 7.60. The number of aryl methyl sites for hydroxylation is 2. The van der Waals surface area contributed by atoms with Crippen LogP contribution in [0.5, 0.6) is 0 Å². The molecule has 5 heteroatoms. The molecular weight excluding hydrogens is 274 g/mol. The number of rotatable bonds is 8. The van der Waals surface area contributed by atoms with Gasteiger partial charge in [0.2, 0.25) is 0 Å². The lowest BCUT2D eigenvalue weighted by atomic mass is 10.3. The van der Waals surface area contributed by atoms with Gasteiger partial charge in [0.25, 0.3) is 0 Å². The predicted octanol–water partition coefficient (Wildman–Crippen LogP) is 3.69. The zero-order valence-corrected chi connectivity index (χ0v) is 13.0. The van der Waals surface area contributed by atoms with E-state index in [1.807, 2.05) is 19.1 Å². The van der Waals surface area contributed by atoms with Crippen LogP contribution in [-0.2, 0) is 17.2 Å². The highest BCUT2D eigenvalue weighted by molar-refractivity contribution is 6.16. The molecule has 0 aliphatic rings. The summed E-state index contributed by atoms with van der Waals surface area (Å²) in [5.74, 6) is 1.29. The van der Waals surface area contributed by atoms with E-state index >= 15 is 0 Å². The number of aromatic nitrogens is 3. The van der Waals surface area contributed by atoms with E-state index in [1.165, 1.54) is 6.42 Å². The highest BCUT2D eigenvalue weighted by atomic mass is 35.5. The summed E-state index contributed by atoms with van der Waals surface area (Å²) >= 11 is 5.98. The van der Waals surface area contributed by atoms with Crippen molar-refractivity contribution in [2.24, 2.45) is 0 Å². The van der Waals surface area contributed by atoms with Gasteiger partial charge in [-0.05, 0) is 31.9 Å². The van der Waals surface area contributed by atoms with Gasteiger partial charge in [-0.2, -0.15) is 0 Å². The third-order valence-corrected chi connectivity index (χ3v) is 3.48. The van der Waals surface area contributed by atoms with E-state index in [-0.39, 0.29) is 0 Å². The Morgan fingerprint density at radius 3 is 2.75 bits per heavy atom. The number of unbranched alkanes of at least 4 members (excludes halogenated alkanes) is 1. The SMILES string of the molecule is CCCCOCCCn1c(CCl)nc2ccc(C)nc21. The number of fused-ring (bicyclic) bond motifs is 1. The first-order valence-electron chi connectivity index (χ1n) is 7.22. The minimum Gasteiger partial charge on any atom is -0.381 e. The Morgan fingerprint density at radius 2 is 2.00 bits per heavy atom. The zero-order valence-electron chi connectivity index (χ0n) is 12.2. The lowest BCUT2D eigenvalue weighted by Gasteiger charge is -2.08. The van der Waals surface area contributed by atoms with Crippen molar-refractivity contribution in [3.63, 3.8) is 0 Å². The van der Waals surface area contributed by atoms with E-state index < -0.39 is 0 Å². The Bertz CT molecular complexity index is 553. The second-order valence-corrected chi connectivity index (χ2v) is 5.20. The van der Waals surface area contributed by atoms with Crippen molar-refractivity contribution in [1.82, 2.24) is 14.5 Å². The molecule has 0 fully saturated rings. The Balaban J connectivity index is 2.02. The number of nitrogens with zero attached hydrogens (tertiary/aromatic N) is 3. The molecule has 110 valence electrons. The number of pyridine rings is 1. The van der Waals surface area contributed by atoms with E-state index in [4.69, 9.17) is 16.3 Å². The topological polar surface area (TPSA) is 39.9 Å². The van der Waals surface area contributed by atoms with Gasteiger partial charge in [0.15, 0.2) is 5.65 Å². The first kappa shape index (κ1) is 15.3. The predicted molar refractivity (Wildman–Crippen MR) is 82.2 cm³/mol. The minimum atomic E-state index is 0.409. The van der Waals surface area contributed by atoms with Crippen LogP contribution in [0.2, 0.25) is 0 Å². The molecule has 0 aliphatic carbocycles. The van der Waals surface area contributed by atoms with Gasteiger partial charge in [-0.25, -0.2) is 9.97 Å². The largest absolute Gasteiger partial charge is 0.381 e. The Hall–Kier alpha value is -1.13. The molecule has 0 saturated carbocycles. The van der Waals surface area contributed by atoms with E-state index in [9.17, 15) is 0 Å². The molecule has 0 radical (unpaired) electrons. The molecule has 0 atom stereocenters. The summed E-state index contributed by atoms with van der Waals surface area (Å²) in [6, 6.07) is 3.98. The van der Waals surface area contributed by atoms with Gasteiger partial charge in [0.1, 0.15) is 11.3 Å². The third-order valence-electron chi connectivity index (χ3n) is 3.24. The number of hydrogen-bond acceptors (Lipinski definition) is 3. The number of ether oxygens (including phenoxy) is 1. The highest BCUT2D eigenvalue weighted by Gasteiger charge is 2.10. The molecule has 2 aromatic rings. The Morgan fingerprint density at radius 1 is 1.20 bits per heavy atom. The minimum absolute atomic E-state index is 0.409. The number of halogens is 1. The maximum absolute atomic E-state index is 5.98. The first-order valence-corrected chi connectivity index (χ1v) is 7.76. The molecule has 0 aliphatic heterocycles. The summed E-state index contributed by atoms with van der Waals surface area (Å²) in [7, 11) is 0. The highest BCUT2D eigenvalue weighted by Crippen LogP contribution is 2.16. The lowest BCUT2D eigenvalue weighted by molar-refractivity contribution is 0.126. The zero-order chi connectivity index (χ0) is 14.4. The first-order chi connectivity index (χ1) is 9.76. The van der Waals surface area contributed by atoms with E-state index in [2.05, 4.69) is 21.5 Å². The van der Waals surface area contributed by atoms with Crippen LogP contribution in [0, 0.1) is 6.92 Å². The molecule has 0 saturated heterocycles. The van der Waals surface area contributed by atoms with Crippen molar-refractivity contribution in [2.75, 3.05) is 13.2 Å². The maximum atomic E-state index is 5.98. The fourth-order valence-electron chi connectivity index (χ4n) is 2.15. The quantitative estimate of drug-likeness (QED) is 0.551. The van der Waals surface area contributed by atoms with Crippen LogP contribution in [-0.4, -0.2) is 27.7 Å². The number of hydrogen-bond donors (Lipinski definition) is 0. The molecule has 0 bridgehead atoms. The molecule has 0 N–H and O–H groups in total. The fraction of sp³-hybridized carbons (Fsp3) is 0.600. The third kappa shape index (κ3) is 3.70. The van der Waals surface area contributed by atoms with E-state index in [0.717, 1.165) is 55.3 Å². The van der Waals surface area contributed by atoms with Crippen molar-refractivity contribution in [3.8, 4) is 0 Å². The van der Waals surface area contributed by atoms with Crippen LogP contribution in [0.25, 0.3) is 11.2 Å². The molecule has 0 unspecified atom stereocenters. The van der Waals surface area contributed by atoms with E-state index in [0.29, 0.717) is 5.88 Å². The molecule has 2 heterocycles. The smallest absolute Gasteiger partial charge is 0.160 e. The Kier molecular flexibility index (Phi) is 5.80. The second-order valence-electron chi connectivity index (χ2n) is 4.93. The summed E-state index contributed by atoms with van der Waals surface area (Å²) in [4.78, 5) is 9.10. The molecule has 20 heavy (non-hydrogen) atoms. The van der Waals surface area contributed by atoms with Crippen LogP contribution in [0.4, 0.5) is 0 Å². The molecule has 2 rings (SSSR count). The van der Waals surface area contributed by atoms with Crippen LogP contribution < -0.4 is 0 Å². The van der Waals surface area contributed by atoms with Crippen LogP contribution in [0.1, 0.15) is 37.7 Å². The normalized spacial score (nSPS) is 11.3. The van der Waals surface area contributed by atoms with Crippen molar-refractivity contribution >= 4 is 22.8 Å². The van der Waals surface area contributed by atoms with Crippen LogP contribution in [0.15, 0.2) is 12.1 Å². The van der Waals surface area contributed by atoms with Crippen molar-refractivity contribution < 1.29 is 4.74 Å². The number of alkyl halides is 1. The lowest BCUT2D eigenvalue weighted by Crippen LogP contribution is -2.07. The van der Waals surface area contributed by atoms with Crippen molar-refractivity contribution in [2.45, 2.75) is 45.5 Å². The molecule has 4 nitrogen and oxygen atoms in total. The van der Waals surface area contributed by atoms with E-state index in [1.54, 1.807) is 0 Å². The van der Waals surface area contributed by atoms with Gasteiger partial charge in [-0.1, -0.05) is 13.3 Å². The van der Waals surface area contributed by atoms with Gasteiger partial charge in [-0.15, -0.1) is 11.6 Å². The molecule has 0 amide bonds. The van der Waals surface area contributed by atoms with Crippen LogP contribution in [0.3, 0.4) is 0 Å². The molecular formula is C15H22ClN3O. The van der Waals surface area contributed by atoms with Gasteiger partial charge >= 0.3 is 0 Å². The number of imidazole rings is 1. The average molecular weight is 296 g/mol. The maximum Gasteiger partial charge on any atom is 0.160 e. The fourth-order valence-corrected chi connectivity index (χ4v) is 2.36. The van der Waals surface area contributed by atoms with Crippen molar-refractivity contribution in [1.29, 1.82) is 0 Å². The van der Waals surface area contributed by atoms with Gasteiger partial charge in [-0.3, -0.25) is 0 Å². The summed E-state index contributed by atoms with van der Waals surface area (Å²) in [5, 5.41) is 0. The van der Waals surface area contributed by atoms with Crippen molar-refractivity contribution in [3.05, 3.63) is 23.7 Å². The van der Waals surface area contributed by atoms with Gasteiger partial charge in [0, 0.05) is 25.5 Å². The molecule has 0 spiro atoms. The monoisotopic (exact) mass is 295 g/mol. The summed E-state index contributed by atoms with van der Waals surface area (Å²) in [6.45, 7) is 6.63. The summed E-state index contributed by atoms with van der Waals surface area (Å²) < 4.78 is 7.70. The van der Waals surface area contributed by atoms with Gasteiger partial charge in [0.05, 0.1) is 5.88 Å². The summed E-state index contributed by atoms with van der Waals surface area (Å²) in [6.07, 6.45) is 3.25. The van der Waals surface area contributed by atoms with Crippen LogP contribution >= 0.6 is 11.6 Å². The Labute approximate surface area is 125 Å². The molecule has 0 aromatic carbocycles. The summed E-state index contributed by atoms with van der Waals surface area (Å²) in [5.41, 5.74) is 2.84. The standard InChI is InChI=1S/C15H22ClN3O/c1-3-4-9-20-10-5-8-19-14(11-16)18-13-7-6-12(2)17-15(13)19/h6-7H,3-5,8-11H2,1-2H3. The van der Waals surface area contributed by atoms with Gasteiger partial charge < -0.3 is 9.30 Å². The molecule has 2 aromatic heterocycles. The average Bonchev–Trinajstić information content (AvgIpc) is 2.80.